The van der Waals surface area contributed by atoms with Gasteiger partial charge in [-0.15, -0.1) is 0 Å². The van der Waals surface area contributed by atoms with Gasteiger partial charge in [-0.1, -0.05) is 56.2 Å². The van der Waals surface area contributed by atoms with Crippen LogP contribution in [0.3, 0.4) is 0 Å². The van der Waals surface area contributed by atoms with Crippen LogP contribution in [0.25, 0.3) is 0 Å². The van der Waals surface area contributed by atoms with Crippen molar-refractivity contribution in [1.29, 1.82) is 0 Å². The second-order valence-corrected chi connectivity index (χ2v) is 10.7. The first-order valence-electron chi connectivity index (χ1n) is 12.6. The number of allylic oxidation sites excluding steroid dienone is 3. The first-order chi connectivity index (χ1) is 17.0. The summed E-state index contributed by atoms with van der Waals surface area (Å²) in [4.78, 5) is 27.1. The normalized spacial score (nSPS) is 32.7. The summed E-state index contributed by atoms with van der Waals surface area (Å²) in [6.07, 6.45) is 6.68. The van der Waals surface area contributed by atoms with E-state index in [1.54, 1.807) is 19.1 Å². The largest absolute Gasteiger partial charge is 0.495 e. The van der Waals surface area contributed by atoms with Crippen molar-refractivity contribution < 1.29 is 24.2 Å². The molecule has 2 aliphatic heterocycles. The maximum atomic E-state index is 13.3. The fraction of sp³-hybridized carbons (Fsp3) is 0.571. The molecule has 2 aliphatic rings. The number of nitrogens with one attached hydrogen (secondary N) is 1. The molecule has 7 nitrogen and oxygen atoms in total. The van der Waals surface area contributed by atoms with Gasteiger partial charge in [-0.25, -0.2) is 4.79 Å². The zero-order valence-corrected chi connectivity index (χ0v) is 22.8. The number of ether oxygens (including phenoxy) is 2. The molecule has 1 aromatic carbocycles. The number of hydrogen-bond donors (Lipinski definition) is 2. The predicted octanol–water partition coefficient (Wildman–Crippen LogP) is 5.29. The summed E-state index contributed by atoms with van der Waals surface area (Å²) >= 11 is 6.61. The minimum Gasteiger partial charge on any atom is -0.495 e. The lowest BCUT2D eigenvalue weighted by Crippen LogP contribution is -2.50. The van der Waals surface area contributed by atoms with Crippen LogP contribution in [0.4, 0.5) is 10.5 Å². The highest BCUT2D eigenvalue weighted by molar-refractivity contribution is 6.35. The van der Waals surface area contributed by atoms with E-state index in [1.807, 2.05) is 58.1 Å². The molecule has 0 aliphatic carbocycles. The molecule has 2 amide bonds. The third-order valence-corrected chi connectivity index (χ3v) is 7.99. The van der Waals surface area contributed by atoms with Crippen LogP contribution >= 0.6 is 11.6 Å². The number of amides is 2. The number of anilines is 1. The second-order valence-electron chi connectivity index (χ2n) is 10.3. The van der Waals surface area contributed by atoms with Crippen LogP contribution in [0.15, 0.2) is 35.9 Å². The topological polar surface area (TPSA) is 88.1 Å². The first kappa shape index (κ1) is 28.1. The number of rotatable bonds is 1. The van der Waals surface area contributed by atoms with Gasteiger partial charge in [-0.05, 0) is 49.3 Å². The standard InChI is InChI=1S/C28H39ClN2O5/c1-16-9-7-8-10-21-15-23(36-28(34)30-21)19(4)27(33)18(3)17(2)12-25(32)31(5)22-13-20(11-16)14-24(35-6)26(22)29/h7-9,13-14,17-19,21,23,27,33H,10-12,15H2,1-6H3,(H,30,34)/b8-7+,16-9+/t17-,18?,19+,21?,23-,27+/m0/s1. The van der Waals surface area contributed by atoms with E-state index >= 15 is 0 Å². The summed E-state index contributed by atoms with van der Waals surface area (Å²) in [6, 6.07) is 3.76. The fourth-order valence-electron chi connectivity index (χ4n) is 4.96. The molecular formula is C28H39ClN2O5. The van der Waals surface area contributed by atoms with Crippen molar-refractivity contribution in [3.8, 4) is 5.75 Å². The zero-order chi connectivity index (χ0) is 26.6. The molecule has 36 heavy (non-hydrogen) atoms. The van der Waals surface area contributed by atoms with Crippen LogP contribution < -0.4 is 15.0 Å². The Morgan fingerprint density at radius 3 is 2.61 bits per heavy atom. The van der Waals surface area contributed by atoms with Gasteiger partial charge >= 0.3 is 6.09 Å². The van der Waals surface area contributed by atoms with Gasteiger partial charge in [0, 0.05) is 31.8 Å². The molecule has 2 unspecified atom stereocenters. The Kier molecular flexibility index (Phi) is 9.47. The number of aliphatic hydroxyl groups is 1. The Morgan fingerprint density at radius 2 is 1.92 bits per heavy atom. The van der Waals surface area contributed by atoms with Crippen LogP contribution in [0.1, 0.15) is 52.5 Å². The summed E-state index contributed by atoms with van der Waals surface area (Å²) in [7, 11) is 3.28. The average Bonchev–Trinajstić information content (AvgIpc) is 2.84. The van der Waals surface area contributed by atoms with Crippen LogP contribution in [0.5, 0.6) is 5.75 Å². The third kappa shape index (κ3) is 6.62. The van der Waals surface area contributed by atoms with Crippen LogP contribution in [-0.4, -0.2) is 49.5 Å². The van der Waals surface area contributed by atoms with Crippen molar-refractivity contribution in [1.82, 2.24) is 5.32 Å². The smallest absolute Gasteiger partial charge is 0.407 e. The van der Waals surface area contributed by atoms with Gasteiger partial charge in [0.1, 0.15) is 16.9 Å². The number of nitrogens with zero attached hydrogens (tertiary/aromatic N) is 1. The van der Waals surface area contributed by atoms with E-state index in [0.29, 0.717) is 35.7 Å². The predicted molar refractivity (Wildman–Crippen MR) is 143 cm³/mol. The van der Waals surface area contributed by atoms with E-state index in [9.17, 15) is 14.7 Å². The molecule has 6 atom stereocenters. The van der Waals surface area contributed by atoms with Crippen molar-refractivity contribution in [3.05, 3.63) is 46.5 Å². The minimum absolute atomic E-state index is 0.0658. The molecule has 2 heterocycles. The van der Waals surface area contributed by atoms with E-state index < -0.39 is 18.3 Å². The Morgan fingerprint density at radius 1 is 1.19 bits per heavy atom. The number of hydrogen-bond acceptors (Lipinski definition) is 5. The van der Waals surface area contributed by atoms with E-state index in [0.717, 1.165) is 11.1 Å². The number of benzene rings is 1. The monoisotopic (exact) mass is 518 g/mol. The molecule has 1 fully saturated rings. The van der Waals surface area contributed by atoms with Crippen LogP contribution in [0.2, 0.25) is 5.02 Å². The third-order valence-electron chi connectivity index (χ3n) is 7.61. The highest BCUT2D eigenvalue weighted by Crippen LogP contribution is 2.37. The Labute approximate surface area is 219 Å². The minimum atomic E-state index is -0.732. The number of halogens is 1. The van der Waals surface area contributed by atoms with Gasteiger partial charge in [0.2, 0.25) is 5.91 Å². The summed E-state index contributed by atoms with van der Waals surface area (Å²) in [5.74, 6) is -0.143. The highest BCUT2D eigenvalue weighted by atomic mass is 35.5. The quantitative estimate of drug-likeness (QED) is 0.527. The molecule has 0 saturated carbocycles. The van der Waals surface area contributed by atoms with Crippen LogP contribution in [0, 0.1) is 17.8 Å². The fourth-order valence-corrected chi connectivity index (χ4v) is 5.27. The van der Waals surface area contributed by atoms with Crippen molar-refractivity contribution in [3.63, 3.8) is 0 Å². The van der Waals surface area contributed by atoms with Crippen molar-refractivity contribution in [2.45, 2.75) is 71.6 Å². The zero-order valence-electron chi connectivity index (χ0n) is 22.1. The molecule has 4 bridgehead atoms. The molecule has 1 aromatic rings. The van der Waals surface area contributed by atoms with Gasteiger partial charge in [0.05, 0.1) is 18.9 Å². The molecule has 0 radical (unpaired) electrons. The average molecular weight is 519 g/mol. The molecular weight excluding hydrogens is 480 g/mol. The van der Waals surface area contributed by atoms with Crippen molar-refractivity contribution in [2.75, 3.05) is 19.1 Å². The van der Waals surface area contributed by atoms with Crippen molar-refractivity contribution in [2.24, 2.45) is 17.8 Å². The summed E-state index contributed by atoms with van der Waals surface area (Å²) in [5.41, 5.74) is 2.70. The molecule has 0 spiro atoms. The molecule has 8 heteroatoms. The Hall–Kier alpha value is -2.51. The lowest BCUT2D eigenvalue weighted by atomic mass is 9.79. The number of carbonyl (C=O) groups excluding carboxylic acids is 2. The van der Waals surface area contributed by atoms with E-state index in [4.69, 9.17) is 21.1 Å². The summed E-state index contributed by atoms with van der Waals surface area (Å²) in [5, 5.41) is 14.4. The van der Waals surface area contributed by atoms with Gasteiger partial charge in [-0.3, -0.25) is 4.79 Å². The van der Waals surface area contributed by atoms with Crippen molar-refractivity contribution >= 4 is 29.3 Å². The number of alkyl carbamates (subject to hydrolysis) is 1. The first-order valence-corrected chi connectivity index (χ1v) is 13.0. The molecule has 3 rings (SSSR count). The Balaban J connectivity index is 1.97. The van der Waals surface area contributed by atoms with Crippen LogP contribution in [-0.2, 0) is 16.0 Å². The summed E-state index contributed by atoms with van der Waals surface area (Å²) < 4.78 is 11.1. The maximum absolute atomic E-state index is 13.3. The number of aliphatic hydroxyl groups excluding tert-OH is 1. The lowest BCUT2D eigenvalue weighted by Gasteiger charge is -2.37. The van der Waals surface area contributed by atoms with Gasteiger partial charge < -0.3 is 24.8 Å². The van der Waals surface area contributed by atoms with Gasteiger partial charge in [0.15, 0.2) is 0 Å². The van der Waals surface area contributed by atoms with Gasteiger partial charge in [-0.2, -0.15) is 0 Å². The molecule has 198 valence electrons. The second kappa shape index (κ2) is 12.2. The maximum Gasteiger partial charge on any atom is 0.407 e. The molecule has 2 N–H and O–H groups in total. The number of carbonyl (C=O) groups is 2. The van der Waals surface area contributed by atoms with E-state index in [-0.39, 0.29) is 36.1 Å². The molecule has 1 saturated heterocycles. The highest BCUT2D eigenvalue weighted by Gasteiger charge is 2.37. The van der Waals surface area contributed by atoms with Gasteiger partial charge in [0.25, 0.3) is 0 Å². The lowest BCUT2D eigenvalue weighted by molar-refractivity contribution is -0.120. The van der Waals surface area contributed by atoms with E-state index in [2.05, 4.69) is 5.32 Å². The summed E-state index contributed by atoms with van der Waals surface area (Å²) in [6.45, 7) is 7.85. The number of methoxy groups -OCH3 is 1. The number of fused-ring (bicyclic) bond motifs is 4. The SMILES string of the molecule is COc1cc2cc(c1Cl)N(C)C(=O)C[C@H](C)C(C)[C@@H](O)[C@H](C)[C@@H]1CC(C/C=C/C=C(\C)C2)NC(=O)O1. The van der Waals surface area contributed by atoms with E-state index in [1.165, 1.54) is 0 Å². The Bertz CT molecular complexity index is 1020. The molecule has 0 aromatic heterocycles.